The van der Waals surface area contributed by atoms with E-state index in [0.29, 0.717) is 18.8 Å². The summed E-state index contributed by atoms with van der Waals surface area (Å²) in [5.74, 6) is 0. The lowest BCUT2D eigenvalue weighted by Gasteiger charge is -2.33. The fourth-order valence-electron chi connectivity index (χ4n) is 3.38. The summed E-state index contributed by atoms with van der Waals surface area (Å²) in [5, 5.41) is 13.3. The monoisotopic (exact) mass is 241 g/mol. The van der Waals surface area contributed by atoms with Crippen molar-refractivity contribution in [1.82, 2.24) is 5.32 Å². The number of methoxy groups -OCH3 is 1. The predicted molar refractivity (Wildman–Crippen MR) is 69.0 cm³/mol. The second kappa shape index (κ2) is 6.17. The molecule has 100 valence electrons. The van der Waals surface area contributed by atoms with Crippen molar-refractivity contribution in [1.29, 1.82) is 0 Å². The van der Waals surface area contributed by atoms with Gasteiger partial charge in [0.2, 0.25) is 0 Å². The van der Waals surface area contributed by atoms with E-state index in [1.807, 2.05) is 7.11 Å². The molecule has 2 saturated carbocycles. The molecule has 0 spiro atoms. The highest BCUT2D eigenvalue weighted by atomic mass is 16.5. The number of ether oxygens (including phenoxy) is 1. The largest absolute Gasteiger partial charge is 0.396 e. The predicted octanol–water partition coefficient (Wildman–Crippen LogP) is 2.09. The molecule has 2 fully saturated rings. The van der Waals surface area contributed by atoms with E-state index in [-0.39, 0.29) is 5.41 Å². The first-order chi connectivity index (χ1) is 8.28. The smallest absolute Gasteiger partial charge is 0.0572 e. The van der Waals surface area contributed by atoms with E-state index in [2.05, 4.69) is 5.32 Å². The van der Waals surface area contributed by atoms with Gasteiger partial charge < -0.3 is 15.2 Å². The molecule has 2 N–H and O–H groups in total. The Morgan fingerprint density at radius 1 is 1.18 bits per heavy atom. The summed E-state index contributed by atoms with van der Waals surface area (Å²) < 4.78 is 5.39. The first kappa shape index (κ1) is 13.3. The van der Waals surface area contributed by atoms with Gasteiger partial charge in [-0.05, 0) is 38.5 Å². The summed E-state index contributed by atoms with van der Waals surface area (Å²) in [6, 6.07) is 0.644. The minimum atomic E-state index is 0.193. The van der Waals surface area contributed by atoms with E-state index in [4.69, 9.17) is 4.74 Å². The number of aliphatic hydroxyl groups is 1. The van der Waals surface area contributed by atoms with Crippen molar-refractivity contribution in [2.75, 3.05) is 20.3 Å². The SMILES string of the molecule is COC1CCC(NCC2(CO)CCCC2)CC1. The minimum absolute atomic E-state index is 0.193. The maximum atomic E-state index is 9.57. The molecule has 2 rings (SSSR count). The zero-order valence-electron chi connectivity index (χ0n) is 11.1. The van der Waals surface area contributed by atoms with Crippen LogP contribution in [0.2, 0.25) is 0 Å². The van der Waals surface area contributed by atoms with Crippen molar-refractivity contribution in [3.8, 4) is 0 Å². The summed E-state index contributed by atoms with van der Waals surface area (Å²) in [6.45, 7) is 1.36. The third-order valence-corrected chi connectivity index (χ3v) is 4.77. The quantitative estimate of drug-likeness (QED) is 0.774. The molecule has 0 aliphatic heterocycles. The molecule has 0 aromatic carbocycles. The van der Waals surface area contributed by atoms with E-state index in [0.717, 1.165) is 6.54 Å². The Morgan fingerprint density at radius 3 is 2.35 bits per heavy atom. The highest BCUT2D eigenvalue weighted by molar-refractivity contribution is 4.88. The van der Waals surface area contributed by atoms with Crippen LogP contribution in [0.5, 0.6) is 0 Å². The molecule has 0 atom stereocenters. The van der Waals surface area contributed by atoms with Crippen molar-refractivity contribution >= 4 is 0 Å². The average molecular weight is 241 g/mol. The van der Waals surface area contributed by atoms with Crippen LogP contribution in [0.3, 0.4) is 0 Å². The highest BCUT2D eigenvalue weighted by Crippen LogP contribution is 2.37. The highest BCUT2D eigenvalue weighted by Gasteiger charge is 2.33. The molecule has 0 radical (unpaired) electrons. The first-order valence-electron chi connectivity index (χ1n) is 7.15. The molecule has 2 aliphatic rings. The van der Waals surface area contributed by atoms with Crippen LogP contribution in [0, 0.1) is 5.41 Å². The molecule has 0 aromatic heterocycles. The van der Waals surface area contributed by atoms with Gasteiger partial charge in [-0.1, -0.05) is 12.8 Å². The zero-order valence-corrected chi connectivity index (χ0v) is 11.1. The third kappa shape index (κ3) is 3.43. The van der Waals surface area contributed by atoms with Gasteiger partial charge in [-0.3, -0.25) is 0 Å². The van der Waals surface area contributed by atoms with E-state index in [1.165, 1.54) is 51.4 Å². The lowest BCUT2D eigenvalue weighted by Crippen LogP contribution is -2.42. The number of nitrogens with one attached hydrogen (secondary N) is 1. The summed E-state index contributed by atoms with van der Waals surface area (Å²) in [7, 11) is 1.82. The topological polar surface area (TPSA) is 41.5 Å². The summed E-state index contributed by atoms with van der Waals surface area (Å²) >= 11 is 0. The minimum Gasteiger partial charge on any atom is -0.396 e. The van der Waals surface area contributed by atoms with Crippen molar-refractivity contribution < 1.29 is 9.84 Å². The van der Waals surface area contributed by atoms with E-state index < -0.39 is 0 Å². The van der Waals surface area contributed by atoms with Crippen LogP contribution in [0.15, 0.2) is 0 Å². The molecule has 0 unspecified atom stereocenters. The standard InChI is InChI=1S/C14H27NO2/c1-17-13-6-4-12(5-7-13)15-10-14(11-16)8-2-3-9-14/h12-13,15-16H,2-11H2,1H3. The van der Waals surface area contributed by atoms with Crippen LogP contribution in [-0.4, -0.2) is 37.5 Å². The Morgan fingerprint density at radius 2 is 1.82 bits per heavy atom. The number of rotatable bonds is 5. The van der Waals surface area contributed by atoms with Crippen LogP contribution in [0.25, 0.3) is 0 Å². The van der Waals surface area contributed by atoms with Crippen LogP contribution in [0.4, 0.5) is 0 Å². The second-order valence-electron chi connectivity index (χ2n) is 5.96. The Labute approximate surface area is 105 Å². The van der Waals surface area contributed by atoms with Gasteiger partial charge >= 0.3 is 0 Å². The molecule has 0 saturated heterocycles. The fraction of sp³-hybridized carbons (Fsp3) is 1.00. The fourth-order valence-corrected chi connectivity index (χ4v) is 3.38. The molecule has 3 heteroatoms. The molecule has 3 nitrogen and oxygen atoms in total. The first-order valence-corrected chi connectivity index (χ1v) is 7.15. The Balaban J connectivity index is 1.71. The molecule has 0 aromatic rings. The second-order valence-corrected chi connectivity index (χ2v) is 5.96. The van der Waals surface area contributed by atoms with Gasteiger partial charge in [0.25, 0.3) is 0 Å². The Hall–Kier alpha value is -0.120. The maximum Gasteiger partial charge on any atom is 0.0572 e. The van der Waals surface area contributed by atoms with Gasteiger partial charge in [0.15, 0.2) is 0 Å². The molecule has 0 heterocycles. The van der Waals surface area contributed by atoms with Gasteiger partial charge in [-0.2, -0.15) is 0 Å². The van der Waals surface area contributed by atoms with Crippen molar-refractivity contribution in [3.05, 3.63) is 0 Å². The van der Waals surface area contributed by atoms with Gasteiger partial charge in [0.05, 0.1) is 6.10 Å². The van der Waals surface area contributed by atoms with E-state index in [1.54, 1.807) is 0 Å². The zero-order chi connectivity index (χ0) is 12.1. The average Bonchev–Trinajstić information content (AvgIpc) is 2.86. The third-order valence-electron chi connectivity index (χ3n) is 4.77. The van der Waals surface area contributed by atoms with Crippen LogP contribution < -0.4 is 5.32 Å². The summed E-state index contributed by atoms with van der Waals surface area (Å²) in [5.41, 5.74) is 0.193. The van der Waals surface area contributed by atoms with Gasteiger partial charge in [-0.25, -0.2) is 0 Å². The van der Waals surface area contributed by atoms with Crippen LogP contribution >= 0.6 is 0 Å². The van der Waals surface area contributed by atoms with Crippen molar-refractivity contribution in [2.24, 2.45) is 5.41 Å². The number of hydrogen-bond acceptors (Lipinski definition) is 3. The number of aliphatic hydroxyl groups excluding tert-OH is 1. The normalized spacial score (nSPS) is 32.8. The Bertz CT molecular complexity index is 218. The molecule has 0 bridgehead atoms. The van der Waals surface area contributed by atoms with Crippen LogP contribution in [0.1, 0.15) is 51.4 Å². The summed E-state index contributed by atoms with van der Waals surface area (Å²) in [6.07, 6.45) is 10.3. The van der Waals surface area contributed by atoms with E-state index in [9.17, 15) is 5.11 Å². The Kier molecular flexibility index (Phi) is 4.83. The van der Waals surface area contributed by atoms with Crippen molar-refractivity contribution in [3.63, 3.8) is 0 Å². The number of hydrogen-bond donors (Lipinski definition) is 2. The lowest BCUT2D eigenvalue weighted by molar-refractivity contribution is 0.0583. The molecular formula is C14H27NO2. The van der Waals surface area contributed by atoms with Crippen molar-refractivity contribution in [2.45, 2.75) is 63.5 Å². The molecule has 2 aliphatic carbocycles. The molecular weight excluding hydrogens is 214 g/mol. The van der Waals surface area contributed by atoms with Gasteiger partial charge in [0, 0.05) is 31.7 Å². The molecule has 0 amide bonds. The van der Waals surface area contributed by atoms with Gasteiger partial charge in [-0.15, -0.1) is 0 Å². The van der Waals surface area contributed by atoms with E-state index >= 15 is 0 Å². The lowest BCUT2D eigenvalue weighted by atomic mass is 9.85. The maximum absolute atomic E-state index is 9.57. The summed E-state index contributed by atoms with van der Waals surface area (Å²) in [4.78, 5) is 0. The van der Waals surface area contributed by atoms with Crippen LogP contribution in [-0.2, 0) is 4.74 Å². The van der Waals surface area contributed by atoms with Gasteiger partial charge in [0.1, 0.15) is 0 Å². The molecule has 17 heavy (non-hydrogen) atoms.